The first-order valence-electron chi connectivity index (χ1n) is 6.27. The van der Waals surface area contributed by atoms with Gasteiger partial charge in [-0.25, -0.2) is 9.78 Å². The number of carbonyl (C=O) groups is 1. The predicted octanol–water partition coefficient (Wildman–Crippen LogP) is 3.76. The maximum absolute atomic E-state index is 11.8. The van der Waals surface area contributed by atoms with Gasteiger partial charge in [0.2, 0.25) is 0 Å². The van der Waals surface area contributed by atoms with Crippen LogP contribution < -0.4 is 0 Å². The molecule has 21 heavy (non-hydrogen) atoms. The van der Waals surface area contributed by atoms with Crippen LogP contribution in [-0.4, -0.2) is 24.2 Å². The molecule has 0 saturated carbocycles. The van der Waals surface area contributed by atoms with Crippen LogP contribution in [0.4, 0.5) is 0 Å². The average molecular weight is 326 g/mol. The molecule has 0 unspecified atom stereocenters. The van der Waals surface area contributed by atoms with Crippen molar-refractivity contribution in [1.29, 1.82) is 0 Å². The van der Waals surface area contributed by atoms with Gasteiger partial charge in [-0.15, -0.1) is 0 Å². The van der Waals surface area contributed by atoms with E-state index in [2.05, 4.69) is 4.98 Å². The summed E-state index contributed by atoms with van der Waals surface area (Å²) in [6.07, 6.45) is 0. The van der Waals surface area contributed by atoms with Crippen molar-refractivity contribution >= 4 is 29.2 Å². The van der Waals surface area contributed by atoms with Gasteiger partial charge >= 0.3 is 5.97 Å². The number of rotatable bonds is 6. The molecule has 0 saturated heterocycles. The molecule has 0 N–H and O–H groups in total. The zero-order valence-electron chi connectivity index (χ0n) is 11.1. The third-order valence-corrected chi connectivity index (χ3v) is 2.96. The number of nitrogens with zero attached hydrogens (tertiary/aromatic N) is 1. The molecular weight excluding hydrogens is 313 g/mol. The van der Waals surface area contributed by atoms with Crippen molar-refractivity contribution in [2.45, 2.75) is 6.61 Å². The lowest BCUT2D eigenvalue weighted by molar-refractivity contribution is 0.0288. The minimum Gasteiger partial charge on any atom is -0.460 e. The molecule has 0 bridgehead atoms. The Morgan fingerprint density at radius 3 is 2.38 bits per heavy atom. The maximum Gasteiger partial charge on any atom is 0.338 e. The van der Waals surface area contributed by atoms with Crippen molar-refractivity contribution in [1.82, 2.24) is 4.98 Å². The number of pyridine rings is 1. The Labute approximate surface area is 132 Å². The monoisotopic (exact) mass is 325 g/mol. The summed E-state index contributed by atoms with van der Waals surface area (Å²) in [7, 11) is 0. The summed E-state index contributed by atoms with van der Waals surface area (Å²) in [5.41, 5.74) is 1.33. The molecule has 0 aliphatic rings. The largest absolute Gasteiger partial charge is 0.460 e. The highest BCUT2D eigenvalue weighted by atomic mass is 35.5. The Balaban J connectivity index is 1.72. The van der Waals surface area contributed by atoms with Gasteiger partial charge in [0, 0.05) is 0 Å². The summed E-state index contributed by atoms with van der Waals surface area (Å²) >= 11 is 11.4. The van der Waals surface area contributed by atoms with Gasteiger partial charge in [0.1, 0.15) is 16.9 Å². The number of hydrogen-bond acceptors (Lipinski definition) is 4. The van der Waals surface area contributed by atoms with Crippen molar-refractivity contribution in [2.75, 3.05) is 13.2 Å². The fraction of sp³-hybridized carbons (Fsp3) is 0.200. The molecule has 0 fully saturated rings. The van der Waals surface area contributed by atoms with E-state index < -0.39 is 5.97 Å². The Hall–Kier alpha value is -1.62. The highest BCUT2D eigenvalue weighted by molar-refractivity contribution is 6.32. The number of halogens is 2. The van der Waals surface area contributed by atoms with Crippen LogP contribution in [-0.2, 0) is 16.1 Å². The lowest BCUT2D eigenvalue weighted by Crippen LogP contribution is -2.11. The van der Waals surface area contributed by atoms with E-state index in [-0.39, 0.29) is 22.5 Å². The Morgan fingerprint density at radius 2 is 1.71 bits per heavy atom. The zero-order chi connectivity index (χ0) is 15.1. The first-order chi connectivity index (χ1) is 10.1. The van der Waals surface area contributed by atoms with Crippen LogP contribution in [0, 0.1) is 0 Å². The van der Waals surface area contributed by atoms with E-state index in [1.807, 2.05) is 30.3 Å². The number of ether oxygens (including phenoxy) is 2. The highest BCUT2D eigenvalue weighted by Crippen LogP contribution is 2.15. The van der Waals surface area contributed by atoms with Crippen molar-refractivity contribution in [3.63, 3.8) is 0 Å². The maximum atomic E-state index is 11.8. The Morgan fingerprint density at radius 1 is 1.05 bits per heavy atom. The smallest absolute Gasteiger partial charge is 0.338 e. The Bertz CT molecular complexity index is 585. The summed E-state index contributed by atoms with van der Waals surface area (Å²) < 4.78 is 10.5. The van der Waals surface area contributed by atoms with Crippen molar-refractivity contribution in [3.8, 4) is 0 Å². The summed E-state index contributed by atoms with van der Waals surface area (Å²) in [5, 5.41) is 0.296. The van der Waals surface area contributed by atoms with Crippen LogP contribution >= 0.6 is 23.2 Å². The number of hydrogen-bond donors (Lipinski definition) is 0. The molecule has 110 valence electrons. The van der Waals surface area contributed by atoms with Crippen LogP contribution in [0.5, 0.6) is 0 Å². The molecule has 2 rings (SSSR count). The second-order valence-electron chi connectivity index (χ2n) is 4.18. The second-order valence-corrected chi connectivity index (χ2v) is 4.95. The first-order valence-corrected chi connectivity index (χ1v) is 7.02. The van der Waals surface area contributed by atoms with Gasteiger partial charge in [-0.05, 0) is 17.7 Å². The molecule has 2 aromatic rings. The lowest BCUT2D eigenvalue weighted by atomic mass is 10.2. The summed E-state index contributed by atoms with van der Waals surface area (Å²) in [6.45, 7) is 0.946. The van der Waals surface area contributed by atoms with E-state index in [1.54, 1.807) is 0 Å². The van der Waals surface area contributed by atoms with Gasteiger partial charge in [-0.2, -0.15) is 0 Å². The summed E-state index contributed by atoms with van der Waals surface area (Å²) in [6, 6.07) is 12.6. The standard InChI is InChI=1S/C15H13Cl2NO3/c16-13-8-12(9-14(17)18-13)15(19)21-7-6-20-10-11-4-2-1-3-5-11/h1-5,8-9H,6-7,10H2. The molecule has 0 amide bonds. The molecule has 0 aliphatic carbocycles. The third-order valence-electron chi connectivity index (χ3n) is 2.57. The quantitative estimate of drug-likeness (QED) is 0.461. The van der Waals surface area contributed by atoms with E-state index in [1.165, 1.54) is 12.1 Å². The predicted molar refractivity (Wildman–Crippen MR) is 80.6 cm³/mol. The summed E-state index contributed by atoms with van der Waals surface area (Å²) in [4.78, 5) is 15.5. The van der Waals surface area contributed by atoms with E-state index >= 15 is 0 Å². The van der Waals surface area contributed by atoms with Crippen molar-refractivity contribution in [3.05, 3.63) is 63.9 Å². The number of carbonyl (C=O) groups excluding carboxylic acids is 1. The van der Waals surface area contributed by atoms with Gasteiger partial charge in [0.05, 0.1) is 18.8 Å². The molecule has 0 aliphatic heterocycles. The van der Waals surface area contributed by atoms with Crippen LogP contribution in [0.25, 0.3) is 0 Å². The minimum absolute atomic E-state index is 0.148. The van der Waals surface area contributed by atoms with Gasteiger partial charge in [0.25, 0.3) is 0 Å². The topological polar surface area (TPSA) is 48.4 Å². The molecule has 0 radical (unpaired) electrons. The number of aromatic nitrogens is 1. The molecule has 0 atom stereocenters. The first kappa shape index (κ1) is 15.8. The van der Waals surface area contributed by atoms with Gasteiger partial charge in [-0.1, -0.05) is 53.5 Å². The van der Waals surface area contributed by atoms with Crippen LogP contribution in [0.3, 0.4) is 0 Å². The number of esters is 1. The molecule has 1 aromatic carbocycles. The second kappa shape index (κ2) is 7.98. The van der Waals surface area contributed by atoms with Gasteiger partial charge < -0.3 is 9.47 Å². The zero-order valence-corrected chi connectivity index (χ0v) is 12.6. The average Bonchev–Trinajstić information content (AvgIpc) is 2.47. The van der Waals surface area contributed by atoms with Crippen LogP contribution in [0.1, 0.15) is 15.9 Å². The van der Waals surface area contributed by atoms with Crippen LogP contribution in [0.15, 0.2) is 42.5 Å². The van der Waals surface area contributed by atoms with E-state index in [0.29, 0.717) is 13.2 Å². The fourth-order valence-electron chi connectivity index (χ4n) is 1.62. The highest BCUT2D eigenvalue weighted by Gasteiger charge is 2.09. The molecule has 1 aromatic heterocycles. The fourth-order valence-corrected chi connectivity index (χ4v) is 2.08. The summed E-state index contributed by atoms with van der Waals surface area (Å²) in [5.74, 6) is -0.510. The SMILES string of the molecule is O=C(OCCOCc1ccccc1)c1cc(Cl)nc(Cl)c1. The minimum atomic E-state index is -0.510. The third kappa shape index (κ3) is 5.34. The van der Waals surface area contributed by atoms with Crippen molar-refractivity contribution in [2.24, 2.45) is 0 Å². The molecule has 4 nitrogen and oxygen atoms in total. The van der Waals surface area contributed by atoms with E-state index in [9.17, 15) is 4.79 Å². The molecule has 6 heteroatoms. The van der Waals surface area contributed by atoms with E-state index in [0.717, 1.165) is 5.56 Å². The Kier molecular flexibility index (Phi) is 5.99. The molecule has 0 spiro atoms. The molecular formula is C15H13Cl2NO3. The normalized spacial score (nSPS) is 10.4. The van der Waals surface area contributed by atoms with Gasteiger partial charge in [0.15, 0.2) is 0 Å². The number of benzene rings is 1. The van der Waals surface area contributed by atoms with Gasteiger partial charge in [-0.3, -0.25) is 0 Å². The molecule has 1 heterocycles. The van der Waals surface area contributed by atoms with Crippen molar-refractivity contribution < 1.29 is 14.3 Å². The van der Waals surface area contributed by atoms with E-state index in [4.69, 9.17) is 32.7 Å². The lowest BCUT2D eigenvalue weighted by Gasteiger charge is -2.06. The van der Waals surface area contributed by atoms with Crippen LogP contribution in [0.2, 0.25) is 10.3 Å².